The lowest BCUT2D eigenvalue weighted by Gasteiger charge is -2.08. The Morgan fingerprint density at radius 3 is 2.80 bits per heavy atom. The molecule has 0 amide bonds. The van der Waals surface area contributed by atoms with Crippen molar-refractivity contribution in [3.8, 4) is 0 Å². The number of benzene rings is 1. The molecule has 1 aromatic carbocycles. The van der Waals surface area contributed by atoms with E-state index in [1.807, 2.05) is 6.92 Å². The SMILES string of the molecule is CCCOC(=O)c1cc(F)cc(C)c1N. The molecule has 0 fully saturated rings. The maximum atomic E-state index is 13.0. The zero-order valence-corrected chi connectivity index (χ0v) is 8.84. The zero-order valence-electron chi connectivity index (χ0n) is 8.84. The van der Waals surface area contributed by atoms with Crippen LogP contribution in [0.25, 0.3) is 0 Å². The molecule has 82 valence electrons. The van der Waals surface area contributed by atoms with Crippen molar-refractivity contribution in [2.45, 2.75) is 20.3 Å². The van der Waals surface area contributed by atoms with Crippen molar-refractivity contribution in [3.05, 3.63) is 29.1 Å². The first-order valence-electron chi connectivity index (χ1n) is 4.79. The molecule has 0 bridgehead atoms. The molecule has 0 aliphatic rings. The number of hydrogen-bond donors (Lipinski definition) is 1. The van der Waals surface area contributed by atoms with Crippen LogP contribution in [0, 0.1) is 12.7 Å². The molecule has 0 heterocycles. The van der Waals surface area contributed by atoms with Crippen molar-refractivity contribution >= 4 is 11.7 Å². The smallest absolute Gasteiger partial charge is 0.340 e. The van der Waals surface area contributed by atoms with Gasteiger partial charge in [-0.15, -0.1) is 0 Å². The molecule has 2 N–H and O–H groups in total. The molecule has 1 aromatic rings. The van der Waals surface area contributed by atoms with Crippen molar-refractivity contribution < 1.29 is 13.9 Å². The molecular formula is C11H14FNO2. The molecule has 0 spiro atoms. The molecule has 0 atom stereocenters. The second kappa shape index (κ2) is 4.77. The van der Waals surface area contributed by atoms with Crippen molar-refractivity contribution in [1.29, 1.82) is 0 Å². The normalized spacial score (nSPS) is 10.1. The summed E-state index contributed by atoms with van der Waals surface area (Å²) in [6.45, 7) is 3.84. The van der Waals surface area contributed by atoms with Crippen molar-refractivity contribution in [2.75, 3.05) is 12.3 Å². The molecule has 0 saturated heterocycles. The third-order valence-electron chi connectivity index (χ3n) is 2.01. The molecule has 1 rings (SSSR count). The summed E-state index contributed by atoms with van der Waals surface area (Å²) in [6, 6.07) is 2.38. The van der Waals surface area contributed by atoms with E-state index in [2.05, 4.69) is 0 Å². The van der Waals surface area contributed by atoms with Crippen LogP contribution in [0.4, 0.5) is 10.1 Å². The van der Waals surface area contributed by atoms with E-state index in [-0.39, 0.29) is 11.3 Å². The first-order valence-corrected chi connectivity index (χ1v) is 4.79. The minimum Gasteiger partial charge on any atom is -0.462 e. The molecule has 0 unspecified atom stereocenters. The van der Waals surface area contributed by atoms with Gasteiger partial charge in [0, 0.05) is 5.69 Å². The van der Waals surface area contributed by atoms with Gasteiger partial charge in [0.15, 0.2) is 0 Å². The number of ether oxygens (including phenoxy) is 1. The minimum atomic E-state index is -0.572. The third kappa shape index (κ3) is 2.68. The van der Waals surface area contributed by atoms with Crippen LogP contribution in [0.1, 0.15) is 29.3 Å². The Balaban J connectivity index is 2.98. The summed E-state index contributed by atoms with van der Waals surface area (Å²) in [5.41, 5.74) is 6.57. The van der Waals surface area contributed by atoms with Crippen LogP contribution in [0.2, 0.25) is 0 Å². The van der Waals surface area contributed by atoms with Crippen LogP contribution >= 0.6 is 0 Å². The van der Waals surface area contributed by atoms with Crippen LogP contribution in [-0.4, -0.2) is 12.6 Å². The fraction of sp³-hybridized carbons (Fsp3) is 0.364. The summed E-state index contributed by atoms with van der Waals surface area (Å²) >= 11 is 0. The lowest BCUT2D eigenvalue weighted by molar-refractivity contribution is 0.0505. The Kier molecular flexibility index (Phi) is 3.66. The number of esters is 1. The van der Waals surface area contributed by atoms with Crippen LogP contribution in [0.15, 0.2) is 12.1 Å². The molecule has 3 nitrogen and oxygen atoms in total. The second-order valence-corrected chi connectivity index (χ2v) is 3.32. The van der Waals surface area contributed by atoms with E-state index < -0.39 is 11.8 Å². The summed E-state index contributed by atoms with van der Waals surface area (Å²) in [6.07, 6.45) is 0.722. The first kappa shape index (κ1) is 11.5. The summed E-state index contributed by atoms with van der Waals surface area (Å²) in [7, 11) is 0. The predicted octanol–water partition coefficient (Wildman–Crippen LogP) is 2.28. The maximum absolute atomic E-state index is 13.0. The van der Waals surface area contributed by atoms with Crippen LogP contribution in [0.5, 0.6) is 0 Å². The molecule has 0 aliphatic carbocycles. The molecular weight excluding hydrogens is 197 g/mol. The number of carbonyl (C=O) groups excluding carboxylic acids is 1. The van der Waals surface area contributed by atoms with Gasteiger partial charge < -0.3 is 10.5 Å². The molecule has 0 aromatic heterocycles. The Morgan fingerprint density at radius 1 is 1.53 bits per heavy atom. The number of rotatable bonds is 3. The number of hydrogen-bond acceptors (Lipinski definition) is 3. The summed E-state index contributed by atoms with van der Waals surface area (Å²) < 4.78 is 17.9. The van der Waals surface area contributed by atoms with Crippen LogP contribution in [-0.2, 0) is 4.74 Å². The highest BCUT2D eigenvalue weighted by Gasteiger charge is 2.14. The van der Waals surface area contributed by atoms with Gasteiger partial charge >= 0.3 is 5.97 Å². The highest BCUT2D eigenvalue weighted by Crippen LogP contribution is 2.19. The largest absolute Gasteiger partial charge is 0.462 e. The van der Waals surface area contributed by atoms with Gasteiger partial charge in [-0.3, -0.25) is 0 Å². The van der Waals surface area contributed by atoms with E-state index in [0.717, 1.165) is 12.5 Å². The zero-order chi connectivity index (χ0) is 11.4. The van der Waals surface area contributed by atoms with Gasteiger partial charge in [0.25, 0.3) is 0 Å². The average molecular weight is 211 g/mol. The van der Waals surface area contributed by atoms with E-state index in [1.54, 1.807) is 6.92 Å². The molecule has 4 heteroatoms. The molecule has 15 heavy (non-hydrogen) atoms. The van der Waals surface area contributed by atoms with Crippen molar-refractivity contribution in [3.63, 3.8) is 0 Å². The van der Waals surface area contributed by atoms with E-state index in [9.17, 15) is 9.18 Å². The Morgan fingerprint density at radius 2 is 2.20 bits per heavy atom. The van der Waals surface area contributed by atoms with Gasteiger partial charge in [-0.1, -0.05) is 6.92 Å². The Hall–Kier alpha value is -1.58. The van der Waals surface area contributed by atoms with Gasteiger partial charge in [-0.2, -0.15) is 0 Å². The average Bonchev–Trinajstić information content (AvgIpc) is 2.19. The van der Waals surface area contributed by atoms with Gasteiger partial charge in [0.2, 0.25) is 0 Å². The maximum Gasteiger partial charge on any atom is 0.340 e. The first-order chi connectivity index (χ1) is 7.06. The summed E-state index contributed by atoms with van der Waals surface area (Å²) in [4.78, 5) is 11.5. The minimum absolute atomic E-state index is 0.0981. The van der Waals surface area contributed by atoms with E-state index in [1.165, 1.54) is 6.07 Å². The number of halogens is 1. The summed E-state index contributed by atoms with van der Waals surface area (Å²) in [5.74, 6) is -1.05. The summed E-state index contributed by atoms with van der Waals surface area (Å²) in [5, 5.41) is 0. The fourth-order valence-corrected chi connectivity index (χ4v) is 1.20. The van der Waals surface area contributed by atoms with Crippen LogP contribution in [0.3, 0.4) is 0 Å². The molecule has 0 saturated carbocycles. The van der Waals surface area contributed by atoms with Gasteiger partial charge in [0.1, 0.15) is 5.82 Å². The number of aryl methyl sites for hydroxylation is 1. The highest BCUT2D eigenvalue weighted by molar-refractivity contribution is 5.95. The number of anilines is 1. The topological polar surface area (TPSA) is 52.3 Å². The highest BCUT2D eigenvalue weighted by atomic mass is 19.1. The lowest BCUT2D eigenvalue weighted by Crippen LogP contribution is -2.10. The van der Waals surface area contributed by atoms with Gasteiger partial charge in [-0.25, -0.2) is 9.18 Å². The fourth-order valence-electron chi connectivity index (χ4n) is 1.20. The van der Waals surface area contributed by atoms with Crippen LogP contribution < -0.4 is 5.73 Å². The number of carbonyl (C=O) groups is 1. The van der Waals surface area contributed by atoms with E-state index in [0.29, 0.717) is 12.2 Å². The Bertz CT molecular complexity index is 377. The van der Waals surface area contributed by atoms with E-state index in [4.69, 9.17) is 10.5 Å². The predicted molar refractivity (Wildman–Crippen MR) is 56.1 cm³/mol. The third-order valence-corrected chi connectivity index (χ3v) is 2.01. The van der Waals surface area contributed by atoms with Gasteiger partial charge in [0.05, 0.1) is 12.2 Å². The second-order valence-electron chi connectivity index (χ2n) is 3.32. The lowest BCUT2D eigenvalue weighted by atomic mass is 10.1. The standard InChI is InChI=1S/C11H14FNO2/c1-3-4-15-11(14)9-6-8(12)5-7(2)10(9)13/h5-6H,3-4,13H2,1-2H3. The van der Waals surface area contributed by atoms with Crippen molar-refractivity contribution in [1.82, 2.24) is 0 Å². The van der Waals surface area contributed by atoms with Gasteiger partial charge in [-0.05, 0) is 31.0 Å². The molecule has 0 radical (unpaired) electrons. The monoisotopic (exact) mass is 211 g/mol. The van der Waals surface area contributed by atoms with Crippen molar-refractivity contribution in [2.24, 2.45) is 0 Å². The quantitative estimate of drug-likeness (QED) is 0.616. The van der Waals surface area contributed by atoms with E-state index >= 15 is 0 Å². The Labute approximate surface area is 88.0 Å². The number of nitrogens with two attached hydrogens (primary N) is 1. The molecule has 0 aliphatic heterocycles. The number of nitrogen functional groups attached to an aromatic ring is 1.